The number of carbonyl (C=O) groups excluding carboxylic acids is 2. The van der Waals surface area contributed by atoms with Gasteiger partial charge in [0.15, 0.2) is 0 Å². The van der Waals surface area contributed by atoms with Gasteiger partial charge in [-0.25, -0.2) is 0 Å². The zero-order chi connectivity index (χ0) is 19.3. The highest BCUT2D eigenvalue weighted by molar-refractivity contribution is 5.89. The summed E-state index contributed by atoms with van der Waals surface area (Å²) in [5, 5.41) is 2.96. The Morgan fingerprint density at radius 3 is 2.61 bits per heavy atom. The first-order valence-corrected chi connectivity index (χ1v) is 10.6. The number of pyridine rings is 1. The fourth-order valence-electron chi connectivity index (χ4n) is 4.79. The van der Waals surface area contributed by atoms with E-state index in [1.165, 1.54) is 12.8 Å². The van der Waals surface area contributed by atoms with Crippen LogP contribution in [0.5, 0.6) is 0 Å². The zero-order valence-electron chi connectivity index (χ0n) is 16.6. The summed E-state index contributed by atoms with van der Waals surface area (Å²) < 4.78 is 0. The van der Waals surface area contributed by atoms with Crippen LogP contribution < -0.4 is 5.32 Å². The van der Waals surface area contributed by atoms with Crippen molar-refractivity contribution in [3.63, 3.8) is 0 Å². The second-order valence-electron chi connectivity index (χ2n) is 8.17. The summed E-state index contributed by atoms with van der Waals surface area (Å²) >= 11 is 0. The van der Waals surface area contributed by atoms with Crippen molar-refractivity contribution < 1.29 is 9.59 Å². The topological polar surface area (TPSA) is 68.8 Å². The highest BCUT2D eigenvalue weighted by Gasteiger charge is 2.37. The fourth-order valence-corrected chi connectivity index (χ4v) is 4.79. The number of piperazine rings is 2. The van der Waals surface area contributed by atoms with Gasteiger partial charge in [-0.1, -0.05) is 18.9 Å². The highest BCUT2D eigenvalue weighted by Crippen LogP contribution is 2.27. The molecule has 0 aromatic carbocycles. The largest absolute Gasteiger partial charge is 0.353 e. The van der Waals surface area contributed by atoms with E-state index in [-0.39, 0.29) is 17.9 Å². The summed E-state index contributed by atoms with van der Waals surface area (Å²) in [7, 11) is 0. The summed E-state index contributed by atoms with van der Waals surface area (Å²) in [6.07, 6.45) is 6.92. The monoisotopic (exact) mass is 385 g/mol. The third kappa shape index (κ3) is 4.52. The molecule has 0 bridgehead atoms. The van der Waals surface area contributed by atoms with E-state index in [4.69, 9.17) is 0 Å². The molecule has 1 saturated carbocycles. The molecule has 3 aliphatic rings. The summed E-state index contributed by atoms with van der Waals surface area (Å²) in [6.45, 7) is 5.55. The lowest BCUT2D eigenvalue weighted by atomic mass is 10.0. The number of nitrogens with zero attached hydrogens (tertiary/aromatic N) is 4. The SMILES string of the molecule is O=C1NCCN(C2CCCC2)[C@H]1CC(=O)N1CCN(Cc2ccccn2)CC1. The molecule has 1 aromatic rings. The van der Waals surface area contributed by atoms with E-state index in [1.54, 1.807) is 0 Å². The van der Waals surface area contributed by atoms with Crippen molar-refractivity contribution in [1.82, 2.24) is 25.0 Å². The molecule has 4 rings (SSSR count). The number of nitrogens with one attached hydrogen (secondary N) is 1. The Kier molecular flexibility index (Phi) is 6.22. The smallest absolute Gasteiger partial charge is 0.237 e. The van der Waals surface area contributed by atoms with Gasteiger partial charge in [-0.2, -0.15) is 0 Å². The Bertz CT molecular complexity index is 669. The van der Waals surface area contributed by atoms with Gasteiger partial charge in [0.05, 0.1) is 18.2 Å². The molecule has 0 radical (unpaired) electrons. The van der Waals surface area contributed by atoms with E-state index in [0.29, 0.717) is 19.0 Å². The molecule has 3 heterocycles. The van der Waals surface area contributed by atoms with E-state index < -0.39 is 0 Å². The Morgan fingerprint density at radius 1 is 1.11 bits per heavy atom. The maximum atomic E-state index is 12.9. The maximum Gasteiger partial charge on any atom is 0.237 e. The molecule has 2 amide bonds. The molecule has 1 N–H and O–H groups in total. The first-order valence-electron chi connectivity index (χ1n) is 10.6. The van der Waals surface area contributed by atoms with Crippen molar-refractivity contribution in [1.29, 1.82) is 0 Å². The van der Waals surface area contributed by atoms with Crippen LogP contribution in [0.3, 0.4) is 0 Å². The first-order chi connectivity index (χ1) is 13.7. The molecule has 0 unspecified atom stereocenters. The van der Waals surface area contributed by atoms with Crippen molar-refractivity contribution in [3.05, 3.63) is 30.1 Å². The van der Waals surface area contributed by atoms with E-state index in [0.717, 1.165) is 57.8 Å². The van der Waals surface area contributed by atoms with Crippen molar-refractivity contribution >= 4 is 11.8 Å². The minimum Gasteiger partial charge on any atom is -0.353 e. The highest BCUT2D eigenvalue weighted by atomic mass is 16.2. The summed E-state index contributed by atoms with van der Waals surface area (Å²) in [5.74, 6) is 0.142. The maximum absolute atomic E-state index is 12.9. The molecule has 2 aliphatic heterocycles. The van der Waals surface area contributed by atoms with E-state index in [2.05, 4.69) is 20.1 Å². The lowest BCUT2D eigenvalue weighted by Gasteiger charge is -2.40. The van der Waals surface area contributed by atoms with Crippen LogP contribution in [0.1, 0.15) is 37.8 Å². The average molecular weight is 386 g/mol. The second kappa shape index (κ2) is 9.01. The average Bonchev–Trinajstić information content (AvgIpc) is 3.25. The molecular formula is C21H31N5O2. The van der Waals surface area contributed by atoms with Gasteiger partial charge in [-0.15, -0.1) is 0 Å². The minimum absolute atomic E-state index is 0.0280. The van der Waals surface area contributed by atoms with Crippen molar-refractivity contribution in [3.8, 4) is 0 Å². The van der Waals surface area contributed by atoms with Gasteiger partial charge in [0.2, 0.25) is 11.8 Å². The van der Waals surface area contributed by atoms with E-state index in [1.807, 2.05) is 29.3 Å². The Morgan fingerprint density at radius 2 is 1.89 bits per heavy atom. The molecule has 3 fully saturated rings. The van der Waals surface area contributed by atoms with E-state index in [9.17, 15) is 9.59 Å². The summed E-state index contributed by atoms with van der Waals surface area (Å²) in [5.41, 5.74) is 1.06. The van der Waals surface area contributed by atoms with E-state index >= 15 is 0 Å². The van der Waals surface area contributed by atoms with Gasteiger partial charge in [-0.05, 0) is 25.0 Å². The molecule has 2 saturated heterocycles. The zero-order valence-corrected chi connectivity index (χ0v) is 16.6. The predicted molar refractivity (Wildman–Crippen MR) is 106 cm³/mol. The minimum atomic E-state index is -0.295. The molecule has 0 spiro atoms. The van der Waals surface area contributed by atoms with Crippen molar-refractivity contribution in [2.75, 3.05) is 39.3 Å². The lowest BCUT2D eigenvalue weighted by Crippen LogP contribution is -2.59. The predicted octanol–water partition coefficient (Wildman–Crippen LogP) is 0.859. The van der Waals surface area contributed by atoms with Crippen LogP contribution >= 0.6 is 0 Å². The molecule has 1 aromatic heterocycles. The molecule has 7 heteroatoms. The lowest BCUT2D eigenvalue weighted by molar-refractivity contribution is -0.141. The fraction of sp³-hybridized carbons (Fsp3) is 0.667. The Hall–Kier alpha value is -1.99. The molecule has 7 nitrogen and oxygen atoms in total. The Labute approximate surface area is 167 Å². The first kappa shape index (κ1) is 19.3. The third-order valence-corrected chi connectivity index (χ3v) is 6.37. The normalized spacial score (nSPS) is 25.1. The summed E-state index contributed by atoms with van der Waals surface area (Å²) in [6, 6.07) is 6.15. The molecule has 1 atom stereocenters. The molecular weight excluding hydrogens is 354 g/mol. The number of amides is 2. The number of hydrogen-bond donors (Lipinski definition) is 1. The number of rotatable bonds is 5. The van der Waals surface area contributed by atoms with Gasteiger partial charge >= 0.3 is 0 Å². The van der Waals surface area contributed by atoms with Crippen LogP contribution in [0.15, 0.2) is 24.4 Å². The number of aromatic nitrogens is 1. The van der Waals surface area contributed by atoms with Crippen LogP contribution in [0, 0.1) is 0 Å². The van der Waals surface area contributed by atoms with Gasteiger partial charge in [-0.3, -0.25) is 24.4 Å². The van der Waals surface area contributed by atoms with Gasteiger partial charge in [0.1, 0.15) is 0 Å². The Balaban J connectivity index is 1.30. The van der Waals surface area contributed by atoms with Crippen LogP contribution in [0.2, 0.25) is 0 Å². The standard InChI is InChI=1S/C21H31N5O2/c27-20(15-19-21(28)23-9-10-26(19)18-6-1-2-7-18)25-13-11-24(12-14-25)16-17-5-3-4-8-22-17/h3-5,8,18-19H,1-2,6-7,9-16H2,(H,23,28)/t19-/m0/s1. The van der Waals surface area contributed by atoms with Crippen molar-refractivity contribution in [2.24, 2.45) is 0 Å². The van der Waals surface area contributed by atoms with Crippen LogP contribution in [0.25, 0.3) is 0 Å². The molecule has 1 aliphatic carbocycles. The molecule has 28 heavy (non-hydrogen) atoms. The number of carbonyl (C=O) groups is 2. The quantitative estimate of drug-likeness (QED) is 0.814. The molecule has 152 valence electrons. The van der Waals surface area contributed by atoms with Gasteiger partial charge in [0.25, 0.3) is 0 Å². The van der Waals surface area contributed by atoms with Crippen molar-refractivity contribution in [2.45, 2.75) is 50.7 Å². The van der Waals surface area contributed by atoms with Crippen LogP contribution in [-0.2, 0) is 16.1 Å². The van der Waals surface area contributed by atoms with Crippen LogP contribution in [-0.4, -0.2) is 82.9 Å². The second-order valence-corrected chi connectivity index (χ2v) is 8.17. The summed E-state index contributed by atoms with van der Waals surface area (Å²) in [4.78, 5) is 36.4. The third-order valence-electron chi connectivity index (χ3n) is 6.37. The van der Waals surface area contributed by atoms with Gasteiger partial charge < -0.3 is 10.2 Å². The number of hydrogen-bond acceptors (Lipinski definition) is 5. The van der Waals surface area contributed by atoms with Crippen LogP contribution in [0.4, 0.5) is 0 Å². The van der Waals surface area contributed by atoms with Gasteiger partial charge in [0, 0.05) is 58.1 Å².